The van der Waals surface area contributed by atoms with Crippen molar-refractivity contribution in [1.82, 2.24) is 0 Å². The van der Waals surface area contributed by atoms with Gasteiger partial charge in [-0.05, 0) is 25.1 Å². The van der Waals surface area contributed by atoms with E-state index >= 15 is 0 Å². The first-order chi connectivity index (χ1) is 6.59. The maximum Gasteiger partial charge on any atom is 0.155 e. The van der Waals surface area contributed by atoms with Gasteiger partial charge in [0.2, 0.25) is 0 Å². The fraction of sp³-hybridized carbons (Fsp3) is 0.200. The molecule has 0 fully saturated rings. The summed E-state index contributed by atoms with van der Waals surface area (Å²) in [6, 6.07) is 4.10. The second-order valence-corrected chi connectivity index (χ2v) is 3.62. The Morgan fingerprint density at radius 1 is 1.50 bits per heavy atom. The Kier molecular flexibility index (Phi) is 2.21. The van der Waals surface area contributed by atoms with Gasteiger partial charge in [-0.15, -0.1) is 0 Å². The summed E-state index contributed by atoms with van der Waals surface area (Å²) in [5.41, 5.74) is 5.98. The summed E-state index contributed by atoms with van der Waals surface area (Å²) in [7, 11) is 0. The molecule has 0 aliphatic heterocycles. The molecule has 0 radical (unpaired) electrons. The van der Waals surface area contributed by atoms with Crippen LogP contribution < -0.4 is 5.73 Å². The molecule has 74 valence electrons. The number of rotatable bonds is 1. The molecule has 14 heavy (non-hydrogen) atoms. The maximum absolute atomic E-state index is 13.3. The van der Waals surface area contributed by atoms with Gasteiger partial charge in [0.15, 0.2) is 5.58 Å². The molecule has 0 aliphatic carbocycles. The summed E-state index contributed by atoms with van der Waals surface area (Å²) in [5, 5.41) is 0.776. The zero-order chi connectivity index (χ0) is 10.3. The number of halogens is 2. The quantitative estimate of drug-likeness (QED) is 0.790. The van der Waals surface area contributed by atoms with Crippen LogP contribution in [-0.2, 0) is 0 Å². The van der Waals surface area contributed by atoms with Gasteiger partial charge in [0.25, 0.3) is 0 Å². The summed E-state index contributed by atoms with van der Waals surface area (Å²) in [5.74, 6) is 0.187. The van der Waals surface area contributed by atoms with Gasteiger partial charge in [-0.2, -0.15) is 0 Å². The summed E-state index contributed by atoms with van der Waals surface area (Å²) < 4.78 is 18.6. The van der Waals surface area contributed by atoms with Crippen molar-refractivity contribution in [2.24, 2.45) is 5.73 Å². The minimum absolute atomic E-state index is 0.266. The zero-order valence-electron chi connectivity index (χ0n) is 7.55. The van der Waals surface area contributed by atoms with Crippen molar-refractivity contribution < 1.29 is 8.81 Å². The van der Waals surface area contributed by atoms with E-state index in [9.17, 15) is 4.39 Å². The fourth-order valence-electron chi connectivity index (χ4n) is 1.30. The number of fused-ring (bicyclic) bond motifs is 1. The third-order valence-corrected chi connectivity index (χ3v) is 2.35. The molecule has 0 aliphatic rings. The van der Waals surface area contributed by atoms with E-state index in [2.05, 4.69) is 0 Å². The molecule has 0 saturated carbocycles. The lowest BCUT2D eigenvalue weighted by Gasteiger charge is -1.96. The van der Waals surface area contributed by atoms with Crippen molar-refractivity contribution in [2.75, 3.05) is 0 Å². The Morgan fingerprint density at radius 3 is 2.79 bits per heavy atom. The summed E-state index contributed by atoms with van der Waals surface area (Å²) in [6.07, 6.45) is 0. The lowest BCUT2D eigenvalue weighted by Crippen LogP contribution is -2.02. The largest absolute Gasteiger partial charge is 0.458 e. The summed E-state index contributed by atoms with van der Waals surface area (Å²) in [4.78, 5) is 0. The van der Waals surface area contributed by atoms with E-state index < -0.39 is 0 Å². The molecular formula is C10H9ClFNO. The van der Waals surface area contributed by atoms with E-state index in [0.717, 1.165) is 0 Å². The molecule has 0 saturated heterocycles. The molecule has 2 nitrogen and oxygen atoms in total. The number of hydrogen-bond donors (Lipinski definition) is 1. The normalized spacial score (nSPS) is 13.4. The van der Waals surface area contributed by atoms with Crippen LogP contribution in [0.25, 0.3) is 11.0 Å². The maximum atomic E-state index is 13.3. The second-order valence-electron chi connectivity index (χ2n) is 3.21. The minimum atomic E-state index is -0.347. The standard InChI is InChI=1S/C10H9ClFNO/c1-5(13)9-4-6-8(12)3-2-7(11)10(6)14-9/h2-5H,13H2,1H3. The van der Waals surface area contributed by atoms with Gasteiger partial charge >= 0.3 is 0 Å². The van der Waals surface area contributed by atoms with Gasteiger partial charge in [0.05, 0.1) is 16.5 Å². The van der Waals surface area contributed by atoms with E-state index in [1.807, 2.05) is 0 Å². The highest BCUT2D eigenvalue weighted by atomic mass is 35.5. The number of benzene rings is 1. The Bertz CT molecular complexity index is 439. The predicted octanol–water partition coefficient (Wildman–Crippen LogP) is 3.25. The highest BCUT2D eigenvalue weighted by molar-refractivity contribution is 6.34. The monoisotopic (exact) mass is 213 g/mol. The lowest BCUT2D eigenvalue weighted by molar-refractivity contribution is 0.513. The third-order valence-electron chi connectivity index (χ3n) is 2.05. The molecule has 1 heterocycles. The van der Waals surface area contributed by atoms with E-state index in [1.54, 1.807) is 13.0 Å². The summed E-state index contributed by atoms with van der Waals surface area (Å²) in [6.45, 7) is 1.77. The molecule has 1 atom stereocenters. The first-order valence-electron chi connectivity index (χ1n) is 4.22. The lowest BCUT2D eigenvalue weighted by atomic mass is 10.2. The third kappa shape index (κ3) is 1.38. The van der Waals surface area contributed by atoms with Gasteiger partial charge in [-0.3, -0.25) is 0 Å². The predicted molar refractivity (Wildman–Crippen MR) is 53.8 cm³/mol. The molecule has 1 aromatic heterocycles. The van der Waals surface area contributed by atoms with Crippen molar-refractivity contribution in [2.45, 2.75) is 13.0 Å². The van der Waals surface area contributed by atoms with Crippen molar-refractivity contribution in [3.05, 3.63) is 34.8 Å². The van der Waals surface area contributed by atoms with Crippen LogP contribution >= 0.6 is 11.6 Å². The number of hydrogen-bond acceptors (Lipinski definition) is 2. The van der Waals surface area contributed by atoms with E-state index in [1.165, 1.54) is 12.1 Å². The molecule has 1 unspecified atom stereocenters. The van der Waals surface area contributed by atoms with Crippen LogP contribution in [0.2, 0.25) is 5.02 Å². The van der Waals surface area contributed by atoms with Crippen LogP contribution in [0.1, 0.15) is 18.7 Å². The Labute approximate surface area is 85.4 Å². The van der Waals surface area contributed by atoms with Crippen LogP contribution in [-0.4, -0.2) is 0 Å². The zero-order valence-corrected chi connectivity index (χ0v) is 8.31. The van der Waals surface area contributed by atoms with Crippen LogP contribution in [0.4, 0.5) is 4.39 Å². The average Bonchev–Trinajstić information content (AvgIpc) is 2.57. The smallest absolute Gasteiger partial charge is 0.155 e. The molecule has 0 bridgehead atoms. The number of furan rings is 1. The van der Waals surface area contributed by atoms with Crippen molar-refractivity contribution in [3.63, 3.8) is 0 Å². The highest BCUT2D eigenvalue weighted by Crippen LogP contribution is 2.30. The molecule has 2 rings (SSSR count). The first kappa shape index (κ1) is 9.49. The van der Waals surface area contributed by atoms with E-state index in [4.69, 9.17) is 21.8 Å². The van der Waals surface area contributed by atoms with Gasteiger partial charge in [0, 0.05) is 0 Å². The Morgan fingerprint density at radius 2 is 2.21 bits per heavy atom. The van der Waals surface area contributed by atoms with Gasteiger partial charge < -0.3 is 10.2 Å². The minimum Gasteiger partial charge on any atom is -0.458 e. The topological polar surface area (TPSA) is 39.2 Å². The molecule has 0 amide bonds. The van der Waals surface area contributed by atoms with Gasteiger partial charge in [-0.1, -0.05) is 11.6 Å². The van der Waals surface area contributed by atoms with Gasteiger partial charge in [-0.25, -0.2) is 4.39 Å². The average molecular weight is 214 g/mol. The van der Waals surface area contributed by atoms with Crippen molar-refractivity contribution in [3.8, 4) is 0 Å². The van der Waals surface area contributed by atoms with Crippen LogP contribution in [0.15, 0.2) is 22.6 Å². The first-order valence-corrected chi connectivity index (χ1v) is 4.60. The molecule has 2 N–H and O–H groups in total. The van der Waals surface area contributed by atoms with Crippen molar-refractivity contribution >= 4 is 22.6 Å². The highest BCUT2D eigenvalue weighted by Gasteiger charge is 2.13. The molecule has 0 spiro atoms. The molecule has 4 heteroatoms. The van der Waals surface area contributed by atoms with Crippen molar-refractivity contribution in [1.29, 1.82) is 0 Å². The molecule has 1 aromatic carbocycles. The Hall–Kier alpha value is -1.06. The fourth-order valence-corrected chi connectivity index (χ4v) is 1.50. The Balaban J connectivity index is 2.75. The van der Waals surface area contributed by atoms with E-state index in [-0.39, 0.29) is 11.9 Å². The molecule has 2 aromatic rings. The number of nitrogens with two attached hydrogens (primary N) is 1. The SMILES string of the molecule is CC(N)c1cc2c(F)ccc(Cl)c2o1. The van der Waals surface area contributed by atoms with Crippen LogP contribution in [0, 0.1) is 5.82 Å². The summed E-state index contributed by atoms with van der Waals surface area (Å²) >= 11 is 5.85. The van der Waals surface area contributed by atoms with Gasteiger partial charge in [0.1, 0.15) is 11.6 Å². The molecular weight excluding hydrogens is 205 g/mol. The second kappa shape index (κ2) is 3.26. The van der Waals surface area contributed by atoms with Crippen LogP contribution in [0.3, 0.4) is 0 Å². The van der Waals surface area contributed by atoms with E-state index in [0.29, 0.717) is 21.8 Å². The van der Waals surface area contributed by atoms with Crippen LogP contribution in [0.5, 0.6) is 0 Å².